The monoisotopic (exact) mass is 333 g/mol. The number of rotatable bonds is 4. The third-order valence-corrected chi connectivity index (χ3v) is 3.53. The van der Waals surface area contributed by atoms with Crippen molar-refractivity contribution >= 4 is 12.2 Å². The minimum absolute atomic E-state index is 0.164. The third kappa shape index (κ3) is 3.87. The summed E-state index contributed by atoms with van der Waals surface area (Å²) in [6.07, 6.45) is 1.68. The number of pyridine rings is 1. The summed E-state index contributed by atoms with van der Waals surface area (Å²) in [6, 6.07) is 3.85. The molecule has 0 bridgehead atoms. The quantitative estimate of drug-likeness (QED) is 0.667. The number of H-pyrrole nitrogens is 1. The van der Waals surface area contributed by atoms with Crippen LogP contribution in [-0.2, 0) is 17.9 Å². The Bertz CT molecular complexity index is 762. The van der Waals surface area contributed by atoms with E-state index in [4.69, 9.17) is 20.4 Å². The first kappa shape index (κ1) is 17.4. The number of carboxylic acid groups (broad SMARTS) is 1. The highest BCUT2D eigenvalue weighted by atomic mass is 16.5. The lowest BCUT2D eigenvalue weighted by Gasteiger charge is -2.18. The molecule has 128 valence electrons. The van der Waals surface area contributed by atoms with Gasteiger partial charge in [0.05, 0.1) is 24.1 Å². The maximum atomic E-state index is 11.6. The minimum Gasteiger partial charge on any atom is -0.483 e. The first-order valence-electron chi connectivity index (χ1n) is 7.29. The van der Waals surface area contributed by atoms with Crippen LogP contribution < -0.4 is 20.9 Å². The highest BCUT2D eigenvalue weighted by Gasteiger charge is 2.23. The van der Waals surface area contributed by atoms with Crippen molar-refractivity contribution in [2.75, 3.05) is 18.1 Å². The van der Waals surface area contributed by atoms with Crippen LogP contribution >= 0.6 is 0 Å². The van der Waals surface area contributed by atoms with Crippen LogP contribution in [0.4, 0.5) is 5.69 Å². The van der Waals surface area contributed by atoms with Gasteiger partial charge in [-0.25, -0.2) is 10.1 Å². The molecule has 0 unspecified atom stereocenters. The molecule has 2 aromatic rings. The van der Waals surface area contributed by atoms with E-state index < -0.39 is 0 Å². The van der Waals surface area contributed by atoms with Crippen LogP contribution in [0, 0.1) is 6.92 Å². The SMILES string of the molecule is Cc1c(N2Cc3ccc(OCCN)nc3C2)cn[nH]c1=O.O=CO. The number of hydrogen-bond donors (Lipinski definition) is 3. The molecule has 1 aliphatic heterocycles. The lowest BCUT2D eigenvalue weighted by atomic mass is 10.2. The lowest BCUT2D eigenvalue weighted by molar-refractivity contribution is -0.122. The second-order valence-electron chi connectivity index (χ2n) is 5.06. The Morgan fingerprint density at radius 2 is 2.21 bits per heavy atom. The van der Waals surface area contributed by atoms with Crippen LogP contribution in [-0.4, -0.2) is 39.9 Å². The molecular formula is C15H19N5O4. The van der Waals surface area contributed by atoms with Gasteiger partial charge >= 0.3 is 0 Å². The van der Waals surface area contributed by atoms with Gasteiger partial charge in [-0.15, -0.1) is 0 Å². The van der Waals surface area contributed by atoms with Gasteiger partial charge in [0.15, 0.2) is 0 Å². The Morgan fingerprint density at radius 3 is 2.92 bits per heavy atom. The molecular weight excluding hydrogens is 314 g/mol. The first-order valence-corrected chi connectivity index (χ1v) is 7.29. The molecule has 0 aromatic carbocycles. The van der Waals surface area contributed by atoms with Crippen molar-refractivity contribution < 1.29 is 14.6 Å². The van der Waals surface area contributed by atoms with Crippen molar-refractivity contribution in [1.82, 2.24) is 15.2 Å². The van der Waals surface area contributed by atoms with Crippen molar-refractivity contribution in [2.45, 2.75) is 20.0 Å². The highest BCUT2D eigenvalue weighted by Crippen LogP contribution is 2.28. The second kappa shape index (κ2) is 8.06. The number of nitrogens with one attached hydrogen (secondary N) is 1. The summed E-state index contributed by atoms with van der Waals surface area (Å²) in [4.78, 5) is 26.6. The van der Waals surface area contributed by atoms with Crippen LogP contribution in [0.25, 0.3) is 0 Å². The zero-order valence-corrected chi connectivity index (χ0v) is 13.2. The molecule has 0 amide bonds. The summed E-state index contributed by atoms with van der Waals surface area (Å²) >= 11 is 0. The Hall–Kier alpha value is -2.94. The number of aromatic nitrogens is 3. The van der Waals surface area contributed by atoms with Gasteiger partial charge in [-0.05, 0) is 18.6 Å². The van der Waals surface area contributed by atoms with E-state index in [1.807, 2.05) is 12.1 Å². The van der Waals surface area contributed by atoms with Crippen molar-refractivity contribution in [2.24, 2.45) is 5.73 Å². The van der Waals surface area contributed by atoms with Crippen molar-refractivity contribution in [3.05, 3.63) is 45.5 Å². The molecule has 4 N–H and O–H groups in total. The normalized spacial score (nSPS) is 12.2. The fourth-order valence-electron chi connectivity index (χ4n) is 2.42. The van der Waals surface area contributed by atoms with Gasteiger partial charge in [-0.1, -0.05) is 0 Å². The Labute approximate surface area is 138 Å². The molecule has 24 heavy (non-hydrogen) atoms. The number of aromatic amines is 1. The Morgan fingerprint density at radius 1 is 1.46 bits per heavy atom. The number of fused-ring (bicyclic) bond motifs is 1. The summed E-state index contributed by atoms with van der Waals surface area (Å²) < 4.78 is 5.44. The molecule has 0 atom stereocenters. The molecule has 3 rings (SSSR count). The fraction of sp³-hybridized carbons (Fsp3) is 0.333. The molecule has 0 aliphatic carbocycles. The maximum Gasteiger partial charge on any atom is 0.290 e. The van der Waals surface area contributed by atoms with Crippen LogP contribution in [0.2, 0.25) is 0 Å². The van der Waals surface area contributed by atoms with E-state index in [0.29, 0.717) is 37.7 Å². The Kier molecular flexibility index (Phi) is 5.85. The predicted molar refractivity (Wildman–Crippen MR) is 87.0 cm³/mol. The van der Waals surface area contributed by atoms with Gasteiger partial charge in [0.1, 0.15) is 6.61 Å². The van der Waals surface area contributed by atoms with Crippen LogP contribution in [0.1, 0.15) is 16.8 Å². The van der Waals surface area contributed by atoms with Crippen LogP contribution in [0.15, 0.2) is 23.1 Å². The number of nitrogens with zero attached hydrogens (tertiary/aromatic N) is 3. The first-order chi connectivity index (χ1) is 11.6. The molecule has 9 nitrogen and oxygen atoms in total. The summed E-state index contributed by atoms with van der Waals surface area (Å²) in [7, 11) is 0. The van der Waals surface area contributed by atoms with Gasteiger partial charge in [0.2, 0.25) is 5.88 Å². The fourth-order valence-corrected chi connectivity index (χ4v) is 2.42. The number of ether oxygens (including phenoxy) is 1. The third-order valence-electron chi connectivity index (χ3n) is 3.53. The average molecular weight is 333 g/mol. The van der Waals surface area contributed by atoms with Gasteiger partial charge in [-0.3, -0.25) is 9.59 Å². The standard InChI is InChI=1S/C14H17N5O2.CH2O2/c1-9-12(6-16-18-14(9)20)19-7-10-2-3-13(21-5-4-15)17-11(10)8-19;2-1-3/h2-3,6H,4-5,7-8,15H2,1H3,(H,18,20);1H,(H,2,3). The number of nitrogens with two attached hydrogens (primary N) is 1. The van der Waals surface area contributed by atoms with E-state index in [-0.39, 0.29) is 12.0 Å². The second-order valence-corrected chi connectivity index (χ2v) is 5.06. The van der Waals surface area contributed by atoms with E-state index in [2.05, 4.69) is 20.1 Å². The van der Waals surface area contributed by atoms with E-state index in [9.17, 15) is 4.79 Å². The van der Waals surface area contributed by atoms with E-state index in [1.165, 1.54) is 0 Å². The average Bonchev–Trinajstić information content (AvgIpc) is 2.99. The van der Waals surface area contributed by atoms with Crippen molar-refractivity contribution in [3.8, 4) is 5.88 Å². The van der Waals surface area contributed by atoms with E-state index in [0.717, 1.165) is 16.9 Å². The molecule has 0 saturated carbocycles. The zero-order chi connectivity index (χ0) is 17.5. The van der Waals surface area contributed by atoms with Crippen LogP contribution in [0.3, 0.4) is 0 Å². The molecule has 9 heteroatoms. The molecule has 2 aromatic heterocycles. The molecule has 3 heterocycles. The summed E-state index contributed by atoms with van der Waals surface area (Å²) in [5.41, 5.74) is 8.85. The van der Waals surface area contributed by atoms with Gasteiger partial charge < -0.3 is 20.5 Å². The lowest BCUT2D eigenvalue weighted by Crippen LogP contribution is -2.21. The van der Waals surface area contributed by atoms with E-state index in [1.54, 1.807) is 13.1 Å². The maximum absolute atomic E-state index is 11.6. The van der Waals surface area contributed by atoms with Gasteiger partial charge in [-0.2, -0.15) is 5.10 Å². The molecule has 0 radical (unpaired) electrons. The minimum atomic E-state index is -0.250. The predicted octanol–water partition coefficient (Wildman–Crippen LogP) is 0.0318. The zero-order valence-electron chi connectivity index (χ0n) is 13.2. The van der Waals surface area contributed by atoms with Crippen molar-refractivity contribution in [1.29, 1.82) is 0 Å². The molecule has 1 aliphatic rings. The van der Waals surface area contributed by atoms with Crippen LogP contribution in [0.5, 0.6) is 5.88 Å². The summed E-state index contributed by atoms with van der Waals surface area (Å²) in [6.45, 7) is 3.81. The number of carbonyl (C=O) groups is 1. The topological polar surface area (TPSA) is 134 Å². The smallest absolute Gasteiger partial charge is 0.290 e. The molecule has 0 fully saturated rings. The summed E-state index contributed by atoms with van der Waals surface area (Å²) in [5.74, 6) is 0.585. The van der Waals surface area contributed by atoms with Crippen molar-refractivity contribution in [3.63, 3.8) is 0 Å². The Balaban J connectivity index is 0.000000647. The molecule has 0 spiro atoms. The number of hydrogen-bond acceptors (Lipinski definition) is 7. The summed E-state index contributed by atoms with van der Waals surface area (Å²) in [5, 5.41) is 13.2. The number of anilines is 1. The van der Waals surface area contributed by atoms with E-state index >= 15 is 0 Å². The molecule has 0 saturated heterocycles. The van der Waals surface area contributed by atoms with Gasteiger partial charge in [0.25, 0.3) is 12.0 Å². The largest absolute Gasteiger partial charge is 0.483 e. The van der Waals surface area contributed by atoms with Gasteiger partial charge in [0, 0.05) is 24.7 Å². The highest BCUT2D eigenvalue weighted by molar-refractivity contribution is 5.53.